The molecule has 0 aromatic heterocycles. The Morgan fingerprint density at radius 2 is 2.20 bits per heavy atom. The molecule has 0 fully saturated rings. The van der Waals surface area contributed by atoms with Crippen molar-refractivity contribution in [3.63, 3.8) is 0 Å². The van der Waals surface area contributed by atoms with Gasteiger partial charge in [-0.1, -0.05) is 5.92 Å². The SMILES string of the molecule is C#CCNCC(O)C(F)F. The Kier molecular flexibility index (Phi) is 4.81. The van der Waals surface area contributed by atoms with E-state index in [0.29, 0.717) is 0 Å². The van der Waals surface area contributed by atoms with E-state index < -0.39 is 12.5 Å². The predicted octanol–water partition coefficient (Wildman–Crippen LogP) is -0.165. The largest absolute Gasteiger partial charge is 0.386 e. The molecule has 2 nitrogen and oxygen atoms in total. The molecule has 0 radical (unpaired) electrons. The third-order valence-electron chi connectivity index (χ3n) is 0.871. The highest BCUT2D eigenvalue weighted by molar-refractivity contribution is 4.86. The van der Waals surface area contributed by atoms with Crippen LogP contribution in [-0.2, 0) is 0 Å². The van der Waals surface area contributed by atoms with Crippen LogP contribution < -0.4 is 5.32 Å². The molecule has 0 heterocycles. The van der Waals surface area contributed by atoms with Crippen molar-refractivity contribution in [2.45, 2.75) is 12.5 Å². The van der Waals surface area contributed by atoms with Crippen LogP contribution in [0.15, 0.2) is 0 Å². The lowest BCUT2D eigenvalue weighted by atomic mass is 10.4. The number of hydrogen-bond donors (Lipinski definition) is 2. The van der Waals surface area contributed by atoms with Gasteiger partial charge in [0.2, 0.25) is 0 Å². The van der Waals surface area contributed by atoms with Crippen molar-refractivity contribution in [1.29, 1.82) is 0 Å². The van der Waals surface area contributed by atoms with E-state index in [9.17, 15) is 8.78 Å². The standard InChI is InChI=1S/C6H9F2NO/c1-2-3-9-4-5(10)6(7)8/h1,5-6,9-10H,3-4H2. The maximum absolute atomic E-state index is 11.5. The van der Waals surface area contributed by atoms with Crippen LogP contribution in [0, 0.1) is 12.3 Å². The van der Waals surface area contributed by atoms with E-state index in [4.69, 9.17) is 11.5 Å². The Balaban J connectivity index is 3.23. The summed E-state index contributed by atoms with van der Waals surface area (Å²) in [6, 6.07) is 0. The van der Waals surface area contributed by atoms with Crippen LogP contribution in [-0.4, -0.2) is 30.7 Å². The zero-order chi connectivity index (χ0) is 7.98. The van der Waals surface area contributed by atoms with Gasteiger partial charge in [-0.3, -0.25) is 0 Å². The van der Waals surface area contributed by atoms with Gasteiger partial charge in [-0.05, 0) is 0 Å². The summed E-state index contributed by atoms with van der Waals surface area (Å²) in [5.41, 5.74) is 0. The van der Waals surface area contributed by atoms with E-state index in [1.807, 2.05) is 0 Å². The Morgan fingerprint density at radius 1 is 1.60 bits per heavy atom. The van der Waals surface area contributed by atoms with Crippen LogP contribution in [0.25, 0.3) is 0 Å². The minimum Gasteiger partial charge on any atom is -0.386 e. The third kappa shape index (κ3) is 4.24. The summed E-state index contributed by atoms with van der Waals surface area (Å²) in [6.45, 7) is 0.0334. The van der Waals surface area contributed by atoms with Gasteiger partial charge in [-0.15, -0.1) is 6.42 Å². The zero-order valence-corrected chi connectivity index (χ0v) is 5.35. The molecular formula is C6H9F2NO. The first kappa shape index (κ1) is 9.34. The number of alkyl halides is 2. The average Bonchev–Trinajstić information content (AvgIpc) is 1.88. The summed E-state index contributed by atoms with van der Waals surface area (Å²) in [4.78, 5) is 0. The minimum atomic E-state index is -2.70. The summed E-state index contributed by atoms with van der Waals surface area (Å²) in [5.74, 6) is 2.19. The van der Waals surface area contributed by atoms with Crippen molar-refractivity contribution in [2.75, 3.05) is 13.1 Å². The van der Waals surface area contributed by atoms with Crippen LogP contribution in [0.5, 0.6) is 0 Å². The van der Waals surface area contributed by atoms with Gasteiger partial charge in [-0.2, -0.15) is 0 Å². The number of aliphatic hydroxyl groups excluding tert-OH is 1. The first-order valence-corrected chi connectivity index (χ1v) is 2.79. The van der Waals surface area contributed by atoms with Crippen molar-refractivity contribution >= 4 is 0 Å². The molecule has 0 saturated heterocycles. The summed E-state index contributed by atoms with van der Waals surface area (Å²) >= 11 is 0. The molecular weight excluding hydrogens is 140 g/mol. The zero-order valence-electron chi connectivity index (χ0n) is 5.35. The molecule has 0 aliphatic rings. The molecule has 0 rings (SSSR count). The monoisotopic (exact) mass is 149 g/mol. The number of halogens is 2. The van der Waals surface area contributed by atoms with Gasteiger partial charge in [0.15, 0.2) is 0 Å². The van der Waals surface area contributed by atoms with Crippen molar-refractivity contribution < 1.29 is 13.9 Å². The molecule has 58 valence electrons. The summed E-state index contributed by atoms with van der Waals surface area (Å²) < 4.78 is 23.0. The predicted molar refractivity (Wildman–Crippen MR) is 33.7 cm³/mol. The topological polar surface area (TPSA) is 32.3 Å². The Hall–Kier alpha value is -0.660. The lowest BCUT2D eigenvalue weighted by Crippen LogP contribution is -2.32. The molecule has 4 heteroatoms. The van der Waals surface area contributed by atoms with Crippen LogP contribution in [0.2, 0.25) is 0 Å². The second-order valence-corrected chi connectivity index (χ2v) is 1.74. The van der Waals surface area contributed by atoms with Gasteiger partial charge < -0.3 is 10.4 Å². The fourth-order valence-corrected chi connectivity index (χ4v) is 0.381. The highest BCUT2D eigenvalue weighted by atomic mass is 19.3. The summed E-state index contributed by atoms with van der Waals surface area (Å²) in [5, 5.41) is 10.9. The average molecular weight is 149 g/mol. The number of hydrogen-bond acceptors (Lipinski definition) is 2. The van der Waals surface area contributed by atoms with E-state index in [2.05, 4.69) is 11.2 Å². The van der Waals surface area contributed by atoms with E-state index in [1.54, 1.807) is 0 Å². The Labute approximate surface area is 58.2 Å². The van der Waals surface area contributed by atoms with Gasteiger partial charge in [0.1, 0.15) is 6.10 Å². The molecule has 0 saturated carbocycles. The highest BCUT2D eigenvalue weighted by Gasteiger charge is 2.14. The lowest BCUT2D eigenvalue weighted by molar-refractivity contribution is -0.00268. The van der Waals surface area contributed by atoms with E-state index in [-0.39, 0.29) is 13.1 Å². The third-order valence-corrected chi connectivity index (χ3v) is 0.871. The molecule has 0 aromatic rings. The highest BCUT2D eigenvalue weighted by Crippen LogP contribution is 1.97. The fraction of sp³-hybridized carbons (Fsp3) is 0.667. The van der Waals surface area contributed by atoms with Crippen molar-refractivity contribution in [1.82, 2.24) is 5.32 Å². The molecule has 2 N–H and O–H groups in total. The maximum Gasteiger partial charge on any atom is 0.265 e. The number of rotatable bonds is 4. The van der Waals surface area contributed by atoms with Crippen molar-refractivity contribution in [2.24, 2.45) is 0 Å². The van der Waals surface area contributed by atoms with E-state index in [1.165, 1.54) is 0 Å². The Bertz CT molecular complexity index is 121. The molecule has 0 aliphatic carbocycles. The molecule has 0 aliphatic heterocycles. The van der Waals surface area contributed by atoms with Gasteiger partial charge in [0, 0.05) is 6.54 Å². The lowest BCUT2D eigenvalue weighted by Gasteiger charge is -2.07. The van der Waals surface area contributed by atoms with Crippen LogP contribution >= 0.6 is 0 Å². The molecule has 1 atom stereocenters. The quantitative estimate of drug-likeness (QED) is 0.430. The molecule has 0 bridgehead atoms. The van der Waals surface area contributed by atoms with E-state index in [0.717, 1.165) is 0 Å². The first-order chi connectivity index (χ1) is 4.68. The fourth-order valence-electron chi connectivity index (χ4n) is 0.381. The van der Waals surface area contributed by atoms with Crippen LogP contribution in [0.3, 0.4) is 0 Å². The van der Waals surface area contributed by atoms with E-state index >= 15 is 0 Å². The van der Waals surface area contributed by atoms with Crippen LogP contribution in [0.1, 0.15) is 0 Å². The maximum atomic E-state index is 11.5. The number of terminal acetylenes is 1. The molecule has 0 amide bonds. The summed E-state index contributed by atoms with van der Waals surface area (Å²) in [7, 11) is 0. The Morgan fingerprint density at radius 3 is 2.60 bits per heavy atom. The minimum absolute atomic E-state index is 0.165. The molecule has 10 heavy (non-hydrogen) atoms. The van der Waals surface area contributed by atoms with Gasteiger partial charge in [-0.25, -0.2) is 8.78 Å². The molecule has 0 spiro atoms. The number of aliphatic hydroxyl groups is 1. The van der Waals surface area contributed by atoms with Gasteiger partial charge in [0.25, 0.3) is 6.43 Å². The van der Waals surface area contributed by atoms with Crippen molar-refractivity contribution in [3.05, 3.63) is 0 Å². The number of nitrogens with one attached hydrogen (secondary N) is 1. The summed E-state index contributed by atoms with van der Waals surface area (Å²) in [6.07, 6.45) is 0.488. The molecule has 0 aromatic carbocycles. The van der Waals surface area contributed by atoms with Crippen molar-refractivity contribution in [3.8, 4) is 12.3 Å². The van der Waals surface area contributed by atoms with Gasteiger partial charge in [0.05, 0.1) is 6.54 Å². The smallest absolute Gasteiger partial charge is 0.265 e. The second-order valence-electron chi connectivity index (χ2n) is 1.74. The van der Waals surface area contributed by atoms with Gasteiger partial charge >= 0.3 is 0 Å². The first-order valence-electron chi connectivity index (χ1n) is 2.79. The molecule has 1 unspecified atom stereocenters. The van der Waals surface area contributed by atoms with Crippen LogP contribution in [0.4, 0.5) is 8.78 Å². The second kappa shape index (κ2) is 5.15. The normalized spacial score (nSPS) is 13.1.